The van der Waals surface area contributed by atoms with Crippen LogP contribution in [0.15, 0.2) is 23.1 Å². The number of nitrogens with zero attached hydrogens (tertiary/aromatic N) is 1. The number of nitrogens with two attached hydrogens (primary N) is 1. The fraction of sp³-hybridized carbons (Fsp3) is 0.400. The van der Waals surface area contributed by atoms with E-state index in [1.54, 1.807) is 0 Å². The summed E-state index contributed by atoms with van der Waals surface area (Å²) in [5, 5.41) is 10.6. The number of hydrogen-bond acceptors (Lipinski definition) is 7. The quantitative estimate of drug-likeness (QED) is 0.400. The van der Waals surface area contributed by atoms with Gasteiger partial charge >= 0.3 is 0 Å². The van der Waals surface area contributed by atoms with Crippen molar-refractivity contribution in [1.82, 2.24) is 4.72 Å². The van der Waals surface area contributed by atoms with Gasteiger partial charge in [0.25, 0.3) is 5.69 Å². The second-order valence-corrected chi connectivity index (χ2v) is 8.35. The standard InChI is InChI=1S/C10H15N3O6S2/c1-2-20(16,17)6-5-12-21(18,19)8-3-4-10(13(14)15)9(11)7-8/h3-4,7,12H,2,5-6,11H2,1H3. The normalized spacial score (nSPS) is 12.2. The molecule has 3 N–H and O–H groups in total. The van der Waals surface area contributed by atoms with Crippen LogP contribution in [-0.4, -0.2) is 39.8 Å². The number of sulfone groups is 1. The lowest BCUT2D eigenvalue weighted by molar-refractivity contribution is -0.383. The Hall–Kier alpha value is -1.72. The molecule has 0 bridgehead atoms. The minimum atomic E-state index is -3.97. The summed E-state index contributed by atoms with van der Waals surface area (Å²) in [6.07, 6.45) is 0. The van der Waals surface area contributed by atoms with Crippen molar-refractivity contribution in [1.29, 1.82) is 0 Å². The van der Waals surface area contributed by atoms with Crippen LogP contribution < -0.4 is 10.5 Å². The summed E-state index contributed by atoms with van der Waals surface area (Å²) in [7, 11) is -7.26. The average molecular weight is 337 g/mol. The van der Waals surface area contributed by atoms with E-state index in [1.807, 2.05) is 0 Å². The first-order valence-electron chi connectivity index (χ1n) is 5.83. The fourth-order valence-corrected chi connectivity index (χ4v) is 3.32. The molecule has 0 atom stereocenters. The highest BCUT2D eigenvalue weighted by molar-refractivity contribution is 7.91. The smallest absolute Gasteiger partial charge is 0.292 e. The summed E-state index contributed by atoms with van der Waals surface area (Å²) in [5.41, 5.74) is 4.72. The Bertz CT molecular complexity index is 742. The van der Waals surface area contributed by atoms with Crippen molar-refractivity contribution >= 4 is 31.2 Å². The molecule has 0 saturated heterocycles. The van der Waals surface area contributed by atoms with Gasteiger partial charge in [-0.15, -0.1) is 0 Å². The van der Waals surface area contributed by atoms with Crippen LogP contribution >= 0.6 is 0 Å². The van der Waals surface area contributed by atoms with Crippen LogP contribution in [-0.2, 0) is 19.9 Å². The first-order chi connectivity index (χ1) is 9.59. The van der Waals surface area contributed by atoms with Gasteiger partial charge in [-0.1, -0.05) is 6.92 Å². The van der Waals surface area contributed by atoms with E-state index in [2.05, 4.69) is 4.72 Å². The molecule has 0 heterocycles. The van der Waals surface area contributed by atoms with Crippen molar-refractivity contribution in [2.45, 2.75) is 11.8 Å². The van der Waals surface area contributed by atoms with E-state index in [1.165, 1.54) is 6.92 Å². The predicted octanol–water partition coefficient (Wildman–Crippen LogP) is -0.110. The van der Waals surface area contributed by atoms with Gasteiger partial charge in [-0.2, -0.15) is 0 Å². The highest BCUT2D eigenvalue weighted by Gasteiger charge is 2.19. The van der Waals surface area contributed by atoms with Crippen molar-refractivity contribution in [2.75, 3.05) is 23.8 Å². The number of nitrogen functional groups attached to an aromatic ring is 1. The maximum Gasteiger partial charge on any atom is 0.292 e. The van der Waals surface area contributed by atoms with Crippen LogP contribution in [0.25, 0.3) is 0 Å². The Morgan fingerprint density at radius 1 is 1.29 bits per heavy atom. The number of hydrogen-bond donors (Lipinski definition) is 2. The molecule has 0 spiro atoms. The summed E-state index contributed by atoms with van der Waals surface area (Å²) in [6.45, 7) is 1.18. The first-order valence-corrected chi connectivity index (χ1v) is 9.13. The third-order valence-electron chi connectivity index (χ3n) is 2.65. The van der Waals surface area contributed by atoms with E-state index in [0.717, 1.165) is 18.2 Å². The number of nitro benzene ring substituents is 1. The second kappa shape index (κ2) is 6.37. The molecule has 0 aromatic heterocycles. The minimum absolute atomic E-state index is 0.0841. The van der Waals surface area contributed by atoms with Crippen LogP contribution in [0.4, 0.5) is 11.4 Å². The number of sulfonamides is 1. The molecule has 0 aliphatic heterocycles. The van der Waals surface area contributed by atoms with Gasteiger partial charge in [0.1, 0.15) is 5.69 Å². The molecule has 21 heavy (non-hydrogen) atoms. The summed E-state index contributed by atoms with van der Waals surface area (Å²) < 4.78 is 48.5. The summed E-state index contributed by atoms with van der Waals surface area (Å²) in [5.74, 6) is -0.412. The second-order valence-electron chi connectivity index (χ2n) is 4.11. The van der Waals surface area contributed by atoms with Crippen LogP contribution in [0, 0.1) is 10.1 Å². The maximum absolute atomic E-state index is 11.9. The van der Waals surface area contributed by atoms with Crippen LogP contribution in [0.5, 0.6) is 0 Å². The van der Waals surface area contributed by atoms with Crippen LogP contribution in [0.1, 0.15) is 6.92 Å². The molecule has 0 radical (unpaired) electrons. The van der Waals surface area contributed by atoms with Gasteiger partial charge in [-0.3, -0.25) is 10.1 Å². The lowest BCUT2D eigenvalue weighted by Gasteiger charge is -2.07. The van der Waals surface area contributed by atoms with Gasteiger partial charge in [0.2, 0.25) is 10.0 Å². The molecule has 0 saturated carbocycles. The Kier molecular flexibility index (Phi) is 5.25. The Morgan fingerprint density at radius 2 is 1.90 bits per heavy atom. The highest BCUT2D eigenvalue weighted by Crippen LogP contribution is 2.24. The number of anilines is 1. The molecular formula is C10H15N3O6S2. The monoisotopic (exact) mass is 337 g/mol. The maximum atomic E-state index is 11.9. The fourth-order valence-electron chi connectivity index (χ4n) is 1.43. The van der Waals surface area contributed by atoms with E-state index in [4.69, 9.17) is 5.73 Å². The van der Waals surface area contributed by atoms with Crippen molar-refractivity contribution in [3.63, 3.8) is 0 Å². The van der Waals surface area contributed by atoms with Gasteiger partial charge < -0.3 is 5.73 Å². The Balaban J connectivity index is 2.89. The third-order valence-corrected chi connectivity index (χ3v) is 5.82. The molecule has 9 nitrogen and oxygen atoms in total. The van der Waals surface area contributed by atoms with Crippen molar-refractivity contribution in [2.24, 2.45) is 0 Å². The highest BCUT2D eigenvalue weighted by atomic mass is 32.2. The molecule has 1 rings (SSSR count). The van der Waals surface area contributed by atoms with E-state index in [-0.39, 0.29) is 28.6 Å². The topological polar surface area (TPSA) is 149 Å². The molecule has 118 valence electrons. The minimum Gasteiger partial charge on any atom is -0.393 e. The summed E-state index contributed by atoms with van der Waals surface area (Å²) in [4.78, 5) is 9.60. The van der Waals surface area contributed by atoms with Gasteiger partial charge in [0, 0.05) is 18.4 Å². The Labute approximate surface area is 122 Å². The Morgan fingerprint density at radius 3 is 2.38 bits per heavy atom. The molecule has 1 aromatic rings. The largest absolute Gasteiger partial charge is 0.393 e. The average Bonchev–Trinajstić information content (AvgIpc) is 2.37. The molecular weight excluding hydrogens is 322 g/mol. The zero-order valence-corrected chi connectivity index (χ0v) is 12.8. The molecule has 0 unspecified atom stereocenters. The lowest BCUT2D eigenvalue weighted by atomic mass is 10.3. The molecule has 0 aliphatic rings. The van der Waals surface area contributed by atoms with Crippen molar-refractivity contribution in [3.05, 3.63) is 28.3 Å². The van der Waals surface area contributed by atoms with Crippen molar-refractivity contribution < 1.29 is 21.8 Å². The molecule has 0 fully saturated rings. The molecule has 1 aromatic carbocycles. The number of nitro groups is 1. The SMILES string of the molecule is CCS(=O)(=O)CCNS(=O)(=O)c1ccc([N+](=O)[O-])c(N)c1. The number of rotatable bonds is 7. The zero-order valence-electron chi connectivity index (χ0n) is 11.1. The predicted molar refractivity (Wildman–Crippen MR) is 77.0 cm³/mol. The summed E-state index contributed by atoms with van der Waals surface area (Å²) >= 11 is 0. The van der Waals surface area contributed by atoms with Gasteiger partial charge in [0.15, 0.2) is 9.84 Å². The van der Waals surface area contributed by atoms with Crippen LogP contribution in [0.2, 0.25) is 0 Å². The van der Waals surface area contributed by atoms with Crippen LogP contribution in [0.3, 0.4) is 0 Å². The third kappa shape index (κ3) is 4.65. The first kappa shape index (κ1) is 17.3. The molecule has 11 heteroatoms. The van der Waals surface area contributed by atoms with E-state index < -0.39 is 30.5 Å². The van der Waals surface area contributed by atoms with E-state index in [0.29, 0.717) is 0 Å². The van der Waals surface area contributed by atoms with Gasteiger partial charge in [-0.05, 0) is 12.1 Å². The zero-order chi connectivity index (χ0) is 16.3. The summed E-state index contributed by atoms with van der Waals surface area (Å²) in [6, 6.07) is 2.96. The number of benzene rings is 1. The molecule has 0 aliphatic carbocycles. The number of nitrogens with one attached hydrogen (secondary N) is 1. The van der Waals surface area contributed by atoms with Gasteiger partial charge in [0.05, 0.1) is 15.6 Å². The van der Waals surface area contributed by atoms with Gasteiger partial charge in [-0.25, -0.2) is 21.6 Å². The molecule has 0 amide bonds. The van der Waals surface area contributed by atoms with E-state index in [9.17, 15) is 26.9 Å². The van der Waals surface area contributed by atoms with Crippen molar-refractivity contribution in [3.8, 4) is 0 Å². The van der Waals surface area contributed by atoms with E-state index >= 15 is 0 Å². The lowest BCUT2D eigenvalue weighted by Crippen LogP contribution is -2.29.